The highest BCUT2D eigenvalue weighted by Gasteiger charge is 2.02. The topological polar surface area (TPSA) is 45.7 Å². The van der Waals surface area contributed by atoms with Crippen LogP contribution in [0.15, 0.2) is 35.8 Å². The minimum Gasteiger partial charge on any atom is -0.491 e. The zero-order chi connectivity index (χ0) is 14.8. The van der Waals surface area contributed by atoms with Gasteiger partial charge in [0.25, 0.3) is 0 Å². The van der Waals surface area contributed by atoms with Crippen LogP contribution >= 0.6 is 24.0 Å². The second-order valence-electron chi connectivity index (χ2n) is 4.50. The minimum absolute atomic E-state index is 0. The molecule has 0 aliphatic carbocycles. The Morgan fingerprint density at radius 2 is 1.95 bits per heavy atom. The lowest BCUT2D eigenvalue weighted by atomic mass is 10.1. The molecular formula is C16H26IN3O. The highest BCUT2D eigenvalue weighted by atomic mass is 127. The van der Waals surface area contributed by atoms with E-state index in [9.17, 15) is 0 Å². The molecule has 1 rings (SSSR count). The minimum atomic E-state index is 0. The number of hydrogen-bond donors (Lipinski definition) is 2. The molecule has 0 aliphatic rings. The van der Waals surface area contributed by atoms with E-state index in [1.807, 2.05) is 13.0 Å². The summed E-state index contributed by atoms with van der Waals surface area (Å²) < 4.78 is 5.82. The summed E-state index contributed by atoms with van der Waals surface area (Å²) in [6.07, 6.45) is 1.81. The number of halogens is 1. The average Bonchev–Trinajstić information content (AvgIpc) is 2.43. The van der Waals surface area contributed by atoms with Crippen molar-refractivity contribution in [2.24, 2.45) is 4.99 Å². The second kappa shape index (κ2) is 11.4. The van der Waals surface area contributed by atoms with Crippen molar-refractivity contribution in [1.29, 1.82) is 0 Å². The van der Waals surface area contributed by atoms with Crippen molar-refractivity contribution in [1.82, 2.24) is 10.6 Å². The average molecular weight is 403 g/mol. The molecule has 2 N–H and O–H groups in total. The Morgan fingerprint density at radius 3 is 2.52 bits per heavy atom. The Morgan fingerprint density at radius 1 is 1.29 bits per heavy atom. The van der Waals surface area contributed by atoms with Crippen molar-refractivity contribution < 1.29 is 4.74 Å². The molecule has 0 saturated heterocycles. The molecule has 118 valence electrons. The van der Waals surface area contributed by atoms with Crippen molar-refractivity contribution in [2.45, 2.75) is 20.8 Å². The molecule has 0 unspecified atom stereocenters. The van der Waals surface area contributed by atoms with Gasteiger partial charge >= 0.3 is 0 Å². The van der Waals surface area contributed by atoms with Gasteiger partial charge < -0.3 is 15.4 Å². The fraction of sp³-hybridized carbons (Fsp3) is 0.438. The number of ether oxygens (including phenoxy) is 1. The molecule has 1 aromatic carbocycles. The molecule has 21 heavy (non-hydrogen) atoms. The third-order valence-corrected chi connectivity index (χ3v) is 2.77. The van der Waals surface area contributed by atoms with E-state index in [1.165, 1.54) is 0 Å². The lowest BCUT2D eigenvalue weighted by molar-refractivity contribution is 0.324. The number of hydrogen-bond acceptors (Lipinski definition) is 2. The maximum atomic E-state index is 5.82. The number of aryl methyl sites for hydroxylation is 2. The van der Waals surface area contributed by atoms with Gasteiger partial charge in [0.2, 0.25) is 0 Å². The summed E-state index contributed by atoms with van der Waals surface area (Å²) in [7, 11) is 0. The molecular weight excluding hydrogens is 377 g/mol. The summed E-state index contributed by atoms with van der Waals surface area (Å²) in [5.74, 6) is 1.75. The van der Waals surface area contributed by atoms with Gasteiger partial charge in [-0.1, -0.05) is 24.3 Å². The van der Waals surface area contributed by atoms with Crippen LogP contribution in [0.2, 0.25) is 0 Å². The third kappa shape index (κ3) is 7.36. The highest BCUT2D eigenvalue weighted by molar-refractivity contribution is 14.0. The zero-order valence-corrected chi connectivity index (χ0v) is 15.4. The number of nitrogens with zero attached hydrogens (tertiary/aromatic N) is 1. The Hall–Kier alpha value is -1.24. The summed E-state index contributed by atoms with van der Waals surface area (Å²) in [6.45, 7) is 12.5. The van der Waals surface area contributed by atoms with Gasteiger partial charge in [0.1, 0.15) is 12.4 Å². The summed E-state index contributed by atoms with van der Waals surface area (Å²) in [6, 6.07) is 6.15. The summed E-state index contributed by atoms with van der Waals surface area (Å²) in [5, 5.41) is 6.33. The molecule has 4 nitrogen and oxygen atoms in total. The monoisotopic (exact) mass is 403 g/mol. The molecule has 0 fully saturated rings. The van der Waals surface area contributed by atoms with Crippen LogP contribution in [-0.4, -0.2) is 32.2 Å². The number of rotatable bonds is 7. The fourth-order valence-electron chi connectivity index (χ4n) is 1.84. The van der Waals surface area contributed by atoms with E-state index in [0.717, 1.165) is 29.4 Å². The SMILES string of the molecule is C=CCNC(=NCCOc1c(C)cccc1C)NCC.I. The van der Waals surface area contributed by atoms with Gasteiger partial charge in [0.15, 0.2) is 5.96 Å². The number of benzene rings is 1. The molecule has 0 aromatic heterocycles. The van der Waals surface area contributed by atoms with Gasteiger partial charge in [-0.25, -0.2) is 4.99 Å². The van der Waals surface area contributed by atoms with Gasteiger partial charge in [0, 0.05) is 13.1 Å². The van der Waals surface area contributed by atoms with E-state index in [0.29, 0.717) is 19.7 Å². The smallest absolute Gasteiger partial charge is 0.191 e. The van der Waals surface area contributed by atoms with E-state index in [-0.39, 0.29) is 24.0 Å². The first-order chi connectivity index (χ1) is 9.69. The molecule has 5 heteroatoms. The second-order valence-corrected chi connectivity index (χ2v) is 4.50. The molecule has 0 spiro atoms. The molecule has 0 heterocycles. The van der Waals surface area contributed by atoms with Crippen LogP contribution < -0.4 is 15.4 Å². The van der Waals surface area contributed by atoms with E-state index < -0.39 is 0 Å². The predicted molar refractivity (Wildman–Crippen MR) is 101 cm³/mol. The van der Waals surface area contributed by atoms with Gasteiger partial charge in [-0.05, 0) is 31.9 Å². The van der Waals surface area contributed by atoms with Crippen molar-refractivity contribution >= 4 is 29.9 Å². The summed E-state index contributed by atoms with van der Waals surface area (Å²) >= 11 is 0. The van der Waals surface area contributed by atoms with E-state index in [1.54, 1.807) is 6.08 Å². The number of nitrogens with one attached hydrogen (secondary N) is 2. The Balaban J connectivity index is 0.00000400. The predicted octanol–water partition coefficient (Wildman–Crippen LogP) is 3.04. The largest absolute Gasteiger partial charge is 0.491 e. The summed E-state index contributed by atoms with van der Waals surface area (Å²) in [5.41, 5.74) is 2.32. The van der Waals surface area contributed by atoms with E-state index >= 15 is 0 Å². The molecule has 0 radical (unpaired) electrons. The molecule has 0 amide bonds. The standard InChI is InChI=1S/C16H25N3O.HI/c1-5-10-18-16(17-6-2)19-11-12-20-15-13(3)8-7-9-14(15)4;/h5,7-9H,1,6,10-12H2,2-4H3,(H2,17,18,19);1H. The van der Waals surface area contributed by atoms with Gasteiger partial charge in [-0.2, -0.15) is 0 Å². The fourth-order valence-corrected chi connectivity index (χ4v) is 1.84. The van der Waals surface area contributed by atoms with Crippen LogP contribution in [0.5, 0.6) is 5.75 Å². The highest BCUT2D eigenvalue weighted by Crippen LogP contribution is 2.21. The molecule has 0 aliphatic heterocycles. The number of guanidine groups is 1. The quantitative estimate of drug-likeness (QED) is 0.242. The van der Waals surface area contributed by atoms with Crippen LogP contribution in [0, 0.1) is 13.8 Å². The zero-order valence-electron chi connectivity index (χ0n) is 13.1. The summed E-state index contributed by atoms with van der Waals surface area (Å²) in [4.78, 5) is 4.45. The first kappa shape index (κ1) is 19.8. The Labute approximate surface area is 145 Å². The lowest BCUT2D eigenvalue weighted by Crippen LogP contribution is -2.37. The van der Waals surface area contributed by atoms with Crippen molar-refractivity contribution in [2.75, 3.05) is 26.2 Å². The van der Waals surface area contributed by atoms with E-state index in [4.69, 9.17) is 4.74 Å². The van der Waals surface area contributed by atoms with Crippen LogP contribution in [0.1, 0.15) is 18.1 Å². The van der Waals surface area contributed by atoms with Crippen LogP contribution in [0.25, 0.3) is 0 Å². The van der Waals surface area contributed by atoms with Gasteiger partial charge in [-0.15, -0.1) is 30.6 Å². The Kier molecular flexibility index (Phi) is 10.7. The first-order valence-electron chi connectivity index (χ1n) is 7.01. The van der Waals surface area contributed by atoms with Crippen LogP contribution in [0.3, 0.4) is 0 Å². The van der Waals surface area contributed by atoms with E-state index in [2.05, 4.69) is 48.2 Å². The van der Waals surface area contributed by atoms with Gasteiger partial charge in [-0.3, -0.25) is 0 Å². The third-order valence-electron chi connectivity index (χ3n) is 2.77. The first-order valence-corrected chi connectivity index (χ1v) is 7.01. The molecule has 0 bridgehead atoms. The normalized spacial score (nSPS) is 10.5. The lowest BCUT2D eigenvalue weighted by Gasteiger charge is -2.12. The number of aliphatic imine (C=N–C) groups is 1. The van der Waals surface area contributed by atoms with Gasteiger partial charge in [0.05, 0.1) is 6.54 Å². The van der Waals surface area contributed by atoms with Crippen molar-refractivity contribution in [3.63, 3.8) is 0 Å². The molecule has 1 aromatic rings. The Bertz CT molecular complexity index is 441. The van der Waals surface area contributed by atoms with Crippen molar-refractivity contribution in [3.8, 4) is 5.75 Å². The molecule has 0 saturated carbocycles. The maximum Gasteiger partial charge on any atom is 0.191 e. The van der Waals surface area contributed by atoms with Crippen LogP contribution in [-0.2, 0) is 0 Å². The molecule has 0 atom stereocenters. The van der Waals surface area contributed by atoms with Crippen molar-refractivity contribution in [3.05, 3.63) is 42.0 Å². The maximum absolute atomic E-state index is 5.82. The van der Waals surface area contributed by atoms with Crippen LogP contribution in [0.4, 0.5) is 0 Å². The number of para-hydroxylation sites is 1.